The van der Waals surface area contributed by atoms with Crippen LogP contribution in [0, 0.1) is 17.5 Å². The molecule has 196 valence electrons. The highest BCUT2D eigenvalue weighted by molar-refractivity contribution is 6.35. The summed E-state index contributed by atoms with van der Waals surface area (Å²) in [6, 6.07) is 6.23. The summed E-state index contributed by atoms with van der Waals surface area (Å²) >= 11 is 6.11. The molecule has 5 rings (SSSR count). The van der Waals surface area contributed by atoms with Crippen molar-refractivity contribution in [3.8, 4) is 0 Å². The van der Waals surface area contributed by atoms with Crippen LogP contribution in [0.15, 0.2) is 48.9 Å². The van der Waals surface area contributed by atoms with E-state index in [0.717, 1.165) is 18.6 Å². The van der Waals surface area contributed by atoms with E-state index < -0.39 is 29.4 Å². The first kappa shape index (κ1) is 25.8. The molecule has 1 aliphatic rings. The molecule has 1 saturated heterocycles. The van der Waals surface area contributed by atoms with Crippen molar-refractivity contribution >= 4 is 34.3 Å². The van der Waals surface area contributed by atoms with Gasteiger partial charge in [-0.25, -0.2) is 13.2 Å². The van der Waals surface area contributed by atoms with Crippen molar-refractivity contribution in [2.75, 3.05) is 6.54 Å². The van der Waals surface area contributed by atoms with Gasteiger partial charge < -0.3 is 15.2 Å². The van der Waals surface area contributed by atoms with E-state index in [2.05, 4.69) is 15.3 Å². The zero-order chi connectivity index (χ0) is 27.0. The van der Waals surface area contributed by atoms with Gasteiger partial charge in [0.05, 0.1) is 16.6 Å². The minimum Gasteiger partial charge on any atom is -0.360 e. The van der Waals surface area contributed by atoms with Crippen LogP contribution in [0.3, 0.4) is 0 Å². The number of rotatable bonds is 6. The second-order valence-corrected chi connectivity index (χ2v) is 9.81. The highest BCUT2D eigenvalue weighted by Crippen LogP contribution is 2.35. The molecule has 2 aromatic carbocycles. The number of nitrogens with zero attached hydrogens (tertiary/aromatic N) is 2. The van der Waals surface area contributed by atoms with Crippen LogP contribution in [0.25, 0.3) is 10.9 Å². The summed E-state index contributed by atoms with van der Waals surface area (Å²) in [6.07, 6.45) is 5.69. The predicted molar refractivity (Wildman–Crippen MR) is 137 cm³/mol. The van der Waals surface area contributed by atoms with Crippen LogP contribution in [0.5, 0.6) is 0 Å². The van der Waals surface area contributed by atoms with E-state index in [0.29, 0.717) is 34.5 Å². The van der Waals surface area contributed by atoms with Gasteiger partial charge in [0.15, 0.2) is 0 Å². The minimum absolute atomic E-state index is 0.00945. The molecular formula is C28H24ClF3N4O2. The summed E-state index contributed by atoms with van der Waals surface area (Å²) in [6.45, 7) is 1.86. The Kier molecular flexibility index (Phi) is 7.12. The van der Waals surface area contributed by atoms with E-state index in [4.69, 9.17) is 11.6 Å². The van der Waals surface area contributed by atoms with Crippen LogP contribution in [0.1, 0.15) is 58.4 Å². The molecule has 0 radical (unpaired) electrons. The molecule has 2 aromatic heterocycles. The van der Waals surface area contributed by atoms with Crippen LogP contribution in [-0.2, 0) is 17.8 Å². The normalized spacial score (nSPS) is 15.3. The molecule has 0 spiro atoms. The first-order chi connectivity index (χ1) is 18.2. The molecule has 2 amide bonds. The summed E-state index contributed by atoms with van der Waals surface area (Å²) in [5, 5.41) is 3.74. The zero-order valence-electron chi connectivity index (χ0n) is 20.5. The number of likely N-dealkylation sites (tertiary alicyclic amines) is 1. The Labute approximate surface area is 221 Å². The monoisotopic (exact) mass is 540 g/mol. The van der Waals surface area contributed by atoms with E-state index in [1.54, 1.807) is 17.2 Å². The fourth-order valence-electron chi connectivity index (χ4n) is 4.96. The number of halogens is 4. The van der Waals surface area contributed by atoms with Crippen LogP contribution < -0.4 is 5.32 Å². The van der Waals surface area contributed by atoms with Crippen molar-refractivity contribution in [3.63, 3.8) is 0 Å². The van der Waals surface area contributed by atoms with Crippen molar-refractivity contribution in [2.24, 2.45) is 0 Å². The molecule has 0 aliphatic carbocycles. The van der Waals surface area contributed by atoms with Crippen LogP contribution >= 0.6 is 11.6 Å². The van der Waals surface area contributed by atoms with Crippen LogP contribution in [0.4, 0.5) is 13.2 Å². The summed E-state index contributed by atoms with van der Waals surface area (Å²) in [7, 11) is 0. The molecule has 4 aromatic rings. The molecule has 6 nitrogen and oxygen atoms in total. The van der Waals surface area contributed by atoms with E-state index in [9.17, 15) is 18.4 Å². The largest absolute Gasteiger partial charge is 0.360 e. The highest BCUT2D eigenvalue weighted by Gasteiger charge is 2.30. The first-order valence-electron chi connectivity index (χ1n) is 12.1. The summed E-state index contributed by atoms with van der Waals surface area (Å²) in [4.78, 5) is 33.1. The Hall–Kier alpha value is -3.85. The topological polar surface area (TPSA) is 78.1 Å². The van der Waals surface area contributed by atoms with Crippen molar-refractivity contribution < 1.29 is 22.8 Å². The van der Waals surface area contributed by atoms with Crippen molar-refractivity contribution in [2.45, 2.75) is 38.8 Å². The van der Waals surface area contributed by atoms with Crippen molar-refractivity contribution in [1.29, 1.82) is 0 Å². The van der Waals surface area contributed by atoms with Gasteiger partial charge in [-0.15, -0.1) is 0 Å². The van der Waals surface area contributed by atoms with E-state index >= 15 is 4.39 Å². The Morgan fingerprint density at radius 3 is 2.66 bits per heavy atom. The minimum atomic E-state index is -0.596. The highest BCUT2D eigenvalue weighted by atomic mass is 35.5. The number of nitrogens with one attached hydrogen (secondary N) is 2. The molecular weight excluding hydrogens is 517 g/mol. The predicted octanol–water partition coefficient (Wildman–Crippen LogP) is 5.84. The van der Waals surface area contributed by atoms with Crippen LogP contribution in [0.2, 0.25) is 5.02 Å². The molecule has 1 fully saturated rings. The first-order valence-corrected chi connectivity index (χ1v) is 12.5. The van der Waals surface area contributed by atoms with E-state index in [1.807, 2.05) is 0 Å². The van der Waals surface area contributed by atoms with Gasteiger partial charge in [0, 0.05) is 67.1 Å². The van der Waals surface area contributed by atoms with Gasteiger partial charge >= 0.3 is 0 Å². The average Bonchev–Trinajstić information content (AvgIpc) is 3.52. The standard InChI is InChI=1S/C28H24ClF3N4O2/c1-15(37)36-4-2-3-27(36)21-9-23(30)17(8-25(21)32)5-16-6-19(12-33-11-16)28(38)35-13-18-7-20-22(29)14-34-26(20)10-24(18)31/h6-12,14,27,34H,2-5,13H2,1H3,(H,35,38). The Bertz CT molecular complexity index is 1550. The number of hydrogen-bond acceptors (Lipinski definition) is 3. The number of aromatic nitrogens is 2. The average molecular weight is 541 g/mol. The van der Waals surface area contributed by atoms with E-state index in [1.165, 1.54) is 31.5 Å². The van der Waals surface area contributed by atoms with Crippen molar-refractivity contribution in [1.82, 2.24) is 20.2 Å². The van der Waals surface area contributed by atoms with Gasteiger partial charge in [0.2, 0.25) is 5.91 Å². The van der Waals surface area contributed by atoms with Gasteiger partial charge in [-0.05, 0) is 54.3 Å². The van der Waals surface area contributed by atoms with Gasteiger partial charge in [-0.2, -0.15) is 0 Å². The lowest BCUT2D eigenvalue weighted by Gasteiger charge is -2.24. The number of amides is 2. The third-order valence-electron chi connectivity index (χ3n) is 6.87. The Morgan fingerprint density at radius 1 is 1.08 bits per heavy atom. The number of fused-ring (bicyclic) bond motifs is 1. The van der Waals surface area contributed by atoms with Gasteiger partial charge in [-0.1, -0.05) is 11.6 Å². The summed E-state index contributed by atoms with van der Waals surface area (Å²) in [5.74, 6) is -2.34. The molecule has 10 heteroatoms. The molecule has 2 N–H and O–H groups in total. The molecule has 1 aliphatic heterocycles. The maximum absolute atomic E-state index is 15.0. The number of aromatic amines is 1. The van der Waals surface area contributed by atoms with Gasteiger partial charge in [-0.3, -0.25) is 14.6 Å². The quantitative estimate of drug-likeness (QED) is 0.323. The fraction of sp³-hybridized carbons (Fsp3) is 0.250. The zero-order valence-corrected chi connectivity index (χ0v) is 21.2. The molecule has 1 atom stereocenters. The van der Waals surface area contributed by atoms with Gasteiger partial charge in [0.25, 0.3) is 5.91 Å². The second-order valence-electron chi connectivity index (χ2n) is 9.40. The van der Waals surface area contributed by atoms with Crippen molar-refractivity contribution in [3.05, 3.63) is 99.2 Å². The Morgan fingerprint density at radius 2 is 1.87 bits per heavy atom. The molecule has 3 heterocycles. The third-order valence-corrected chi connectivity index (χ3v) is 7.18. The number of carbonyl (C=O) groups is 2. The van der Waals surface area contributed by atoms with E-state index in [-0.39, 0.29) is 41.1 Å². The lowest BCUT2D eigenvalue weighted by atomic mass is 9.98. The molecule has 0 bridgehead atoms. The molecule has 1 unspecified atom stereocenters. The second kappa shape index (κ2) is 10.5. The number of pyridine rings is 1. The smallest absolute Gasteiger partial charge is 0.253 e. The lowest BCUT2D eigenvalue weighted by Crippen LogP contribution is -2.28. The fourth-order valence-corrected chi connectivity index (χ4v) is 5.17. The maximum atomic E-state index is 15.0. The summed E-state index contributed by atoms with van der Waals surface area (Å²) in [5.41, 5.74) is 1.79. The third kappa shape index (κ3) is 5.11. The number of hydrogen-bond donors (Lipinski definition) is 2. The number of carbonyl (C=O) groups excluding carboxylic acids is 2. The SMILES string of the molecule is CC(=O)N1CCCC1c1cc(F)c(Cc2cncc(C(=O)NCc3cc4c(Cl)c[nH]c4cc3F)c2)cc1F. The Balaban J connectivity index is 1.30. The number of benzene rings is 2. The summed E-state index contributed by atoms with van der Waals surface area (Å²) < 4.78 is 44.4. The molecule has 0 saturated carbocycles. The van der Waals surface area contributed by atoms with Gasteiger partial charge in [0.1, 0.15) is 17.5 Å². The molecule has 38 heavy (non-hydrogen) atoms. The lowest BCUT2D eigenvalue weighted by molar-refractivity contribution is -0.129. The number of H-pyrrole nitrogens is 1. The van der Waals surface area contributed by atoms with Crippen LogP contribution in [-0.4, -0.2) is 33.2 Å². The maximum Gasteiger partial charge on any atom is 0.253 e.